The van der Waals surface area contributed by atoms with Crippen LogP contribution in [0.2, 0.25) is 4.34 Å². The summed E-state index contributed by atoms with van der Waals surface area (Å²) in [5.41, 5.74) is 1.28. The van der Waals surface area contributed by atoms with E-state index in [1.165, 1.54) is 11.3 Å². The van der Waals surface area contributed by atoms with Crippen molar-refractivity contribution in [3.63, 3.8) is 0 Å². The Morgan fingerprint density at radius 2 is 1.80 bits per heavy atom. The SMILES string of the molecule is O=C(O)c1ccc(-c2ccc(Cl)s2)cc1. The van der Waals surface area contributed by atoms with E-state index in [0.29, 0.717) is 5.56 Å². The standard InChI is InChI=1S/C11H7ClO2S/c12-10-6-5-9(15-10)7-1-3-8(4-2-7)11(13)14/h1-6H,(H,13,14). The fourth-order valence-corrected chi connectivity index (χ4v) is 2.30. The van der Waals surface area contributed by atoms with Gasteiger partial charge in [-0.3, -0.25) is 0 Å². The van der Waals surface area contributed by atoms with Crippen molar-refractivity contribution >= 4 is 28.9 Å². The fraction of sp³-hybridized carbons (Fsp3) is 0. The van der Waals surface area contributed by atoms with Crippen molar-refractivity contribution in [2.24, 2.45) is 0 Å². The van der Waals surface area contributed by atoms with E-state index in [2.05, 4.69) is 0 Å². The number of carboxylic acid groups (broad SMARTS) is 1. The van der Waals surface area contributed by atoms with Crippen molar-refractivity contribution in [3.8, 4) is 10.4 Å². The zero-order valence-corrected chi connectivity index (χ0v) is 9.18. The average molecular weight is 239 g/mol. The maximum absolute atomic E-state index is 10.6. The number of thiophene rings is 1. The number of carboxylic acids is 1. The molecular weight excluding hydrogens is 232 g/mol. The van der Waals surface area contributed by atoms with Crippen LogP contribution in [0.25, 0.3) is 10.4 Å². The van der Waals surface area contributed by atoms with Gasteiger partial charge < -0.3 is 5.11 Å². The van der Waals surface area contributed by atoms with Crippen molar-refractivity contribution in [2.75, 3.05) is 0 Å². The van der Waals surface area contributed by atoms with Crippen LogP contribution in [0.1, 0.15) is 10.4 Å². The van der Waals surface area contributed by atoms with Crippen LogP contribution < -0.4 is 0 Å². The minimum atomic E-state index is -0.911. The summed E-state index contributed by atoms with van der Waals surface area (Å²) in [7, 11) is 0. The van der Waals surface area contributed by atoms with Gasteiger partial charge in [0, 0.05) is 4.88 Å². The van der Waals surface area contributed by atoms with Crippen LogP contribution in [-0.2, 0) is 0 Å². The van der Waals surface area contributed by atoms with Gasteiger partial charge in [-0.05, 0) is 29.8 Å². The predicted molar refractivity (Wildman–Crippen MR) is 61.7 cm³/mol. The van der Waals surface area contributed by atoms with Crippen LogP contribution in [0.15, 0.2) is 36.4 Å². The zero-order valence-electron chi connectivity index (χ0n) is 7.61. The highest BCUT2D eigenvalue weighted by Gasteiger charge is 2.04. The first-order chi connectivity index (χ1) is 7.16. The highest BCUT2D eigenvalue weighted by molar-refractivity contribution is 7.19. The average Bonchev–Trinajstić information content (AvgIpc) is 2.65. The Morgan fingerprint density at radius 3 is 2.27 bits per heavy atom. The first kappa shape index (κ1) is 10.2. The Hall–Kier alpha value is -1.32. The van der Waals surface area contributed by atoms with Crippen LogP contribution in [0.3, 0.4) is 0 Å². The molecule has 0 fully saturated rings. The summed E-state index contributed by atoms with van der Waals surface area (Å²) >= 11 is 7.29. The van der Waals surface area contributed by atoms with Gasteiger partial charge in [0.15, 0.2) is 0 Å². The molecule has 15 heavy (non-hydrogen) atoms. The first-order valence-electron chi connectivity index (χ1n) is 4.26. The highest BCUT2D eigenvalue weighted by atomic mass is 35.5. The van der Waals surface area contributed by atoms with Crippen molar-refractivity contribution in [3.05, 3.63) is 46.3 Å². The van der Waals surface area contributed by atoms with Crippen molar-refractivity contribution in [1.82, 2.24) is 0 Å². The summed E-state index contributed by atoms with van der Waals surface area (Å²) in [4.78, 5) is 11.7. The molecule has 4 heteroatoms. The molecule has 0 atom stereocenters. The molecule has 0 aliphatic carbocycles. The van der Waals surface area contributed by atoms with Gasteiger partial charge in [-0.15, -0.1) is 11.3 Å². The second kappa shape index (κ2) is 4.04. The molecule has 2 nitrogen and oxygen atoms in total. The summed E-state index contributed by atoms with van der Waals surface area (Å²) in [6, 6.07) is 10.5. The summed E-state index contributed by atoms with van der Waals surface area (Å²) in [6.45, 7) is 0. The number of benzene rings is 1. The molecule has 0 saturated heterocycles. The van der Waals surface area contributed by atoms with Gasteiger partial charge in [0.05, 0.1) is 9.90 Å². The Labute approximate surface area is 95.8 Å². The fourth-order valence-electron chi connectivity index (χ4n) is 1.25. The third-order valence-electron chi connectivity index (χ3n) is 1.99. The van der Waals surface area contributed by atoms with Gasteiger partial charge in [0.2, 0.25) is 0 Å². The predicted octanol–water partition coefficient (Wildman–Crippen LogP) is 3.77. The van der Waals surface area contributed by atoms with Crippen LogP contribution in [0, 0.1) is 0 Å². The molecule has 0 spiro atoms. The summed E-state index contributed by atoms with van der Waals surface area (Å²) in [5.74, 6) is -0.911. The second-order valence-corrected chi connectivity index (χ2v) is 4.70. The first-order valence-corrected chi connectivity index (χ1v) is 5.45. The van der Waals surface area contributed by atoms with E-state index >= 15 is 0 Å². The number of aromatic carboxylic acids is 1. The lowest BCUT2D eigenvalue weighted by atomic mass is 10.1. The minimum Gasteiger partial charge on any atom is -0.478 e. The molecule has 1 aromatic carbocycles. The molecule has 0 bridgehead atoms. The smallest absolute Gasteiger partial charge is 0.335 e. The number of hydrogen-bond acceptors (Lipinski definition) is 2. The number of carbonyl (C=O) groups is 1. The number of rotatable bonds is 2. The lowest BCUT2D eigenvalue weighted by Crippen LogP contribution is -1.94. The summed E-state index contributed by atoms with van der Waals surface area (Å²) in [6.07, 6.45) is 0. The molecule has 1 aromatic heterocycles. The normalized spacial score (nSPS) is 10.2. The Kier molecular flexibility index (Phi) is 2.75. The maximum atomic E-state index is 10.6. The topological polar surface area (TPSA) is 37.3 Å². The molecule has 2 rings (SSSR count). The zero-order chi connectivity index (χ0) is 10.8. The highest BCUT2D eigenvalue weighted by Crippen LogP contribution is 2.30. The van der Waals surface area contributed by atoms with E-state index in [1.54, 1.807) is 24.3 Å². The molecule has 0 unspecified atom stereocenters. The quantitative estimate of drug-likeness (QED) is 0.865. The van der Waals surface area contributed by atoms with Gasteiger partial charge in [0.1, 0.15) is 0 Å². The molecule has 0 aliphatic heterocycles. The van der Waals surface area contributed by atoms with E-state index in [1.807, 2.05) is 12.1 Å². The van der Waals surface area contributed by atoms with Gasteiger partial charge >= 0.3 is 5.97 Å². The van der Waals surface area contributed by atoms with Gasteiger partial charge in [0.25, 0.3) is 0 Å². The largest absolute Gasteiger partial charge is 0.478 e. The van der Waals surface area contributed by atoms with Crippen molar-refractivity contribution in [2.45, 2.75) is 0 Å². The maximum Gasteiger partial charge on any atom is 0.335 e. The summed E-state index contributed by atoms with van der Waals surface area (Å²) in [5, 5.41) is 8.73. The van der Waals surface area contributed by atoms with Crippen LogP contribution in [-0.4, -0.2) is 11.1 Å². The molecule has 0 amide bonds. The molecule has 2 aromatic rings. The molecule has 0 saturated carbocycles. The third-order valence-corrected chi connectivity index (χ3v) is 3.27. The van der Waals surface area contributed by atoms with Crippen LogP contribution in [0.4, 0.5) is 0 Å². The molecule has 0 radical (unpaired) electrons. The molecule has 76 valence electrons. The molecular formula is C11H7ClO2S. The van der Waals surface area contributed by atoms with Gasteiger partial charge in [-0.1, -0.05) is 23.7 Å². The van der Waals surface area contributed by atoms with E-state index in [0.717, 1.165) is 14.8 Å². The van der Waals surface area contributed by atoms with E-state index in [9.17, 15) is 4.79 Å². The molecule has 1 N–H and O–H groups in total. The Balaban J connectivity index is 2.35. The van der Waals surface area contributed by atoms with E-state index in [4.69, 9.17) is 16.7 Å². The Morgan fingerprint density at radius 1 is 1.13 bits per heavy atom. The van der Waals surface area contributed by atoms with E-state index in [-0.39, 0.29) is 0 Å². The van der Waals surface area contributed by atoms with Crippen molar-refractivity contribution < 1.29 is 9.90 Å². The monoisotopic (exact) mass is 238 g/mol. The van der Waals surface area contributed by atoms with Gasteiger partial charge in [-0.2, -0.15) is 0 Å². The minimum absolute atomic E-state index is 0.293. The lowest BCUT2D eigenvalue weighted by molar-refractivity contribution is 0.0697. The number of halogens is 1. The second-order valence-electron chi connectivity index (χ2n) is 2.99. The number of hydrogen-bond donors (Lipinski definition) is 1. The third kappa shape index (κ3) is 2.19. The van der Waals surface area contributed by atoms with Crippen LogP contribution in [0.5, 0.6) is 0 Å². The molecule has 0 aliphatic rings. The summed E-state index contributed by atoms with van der Waals surface area (Å²) < 4.78 is 0.729. The van der Waals surface area contributed by atoms with E-state index < -0.39 is 5.97 Å². The van der Waals surface area contributed by atoms with Crippen molar-refractivity contribution in [1.29, 1.82) is 0 Å². The van der Waals surface area contributed by atoms with Gasteiger partial charge in [-0.25, -0.2) is 4.79 Å². The van der Waals surface area contributed by atoms with Crippen LogP contribution >= 0.6 is 22.9 Å². The molecule has 1 heterocycles. The lowest BCUT2D eigenvalue weighted by Gasteiger charge is -1.97. The Bertz CT molecular complexity index is 488.